The molecule has 0 saturated carbocycles. The summed E-state index contributed by atoms with van der Waals surface area (Å²) >= 11 is 0. The van der Waals surface area contributed by atoms with Crippen LogP contribution in [0, 0.1) is 11.6 Å². The van der Waals surface area contributed by atoms with E-state index in [0.29, 0.717) is 22.6 Å². The molecule has 0 aliphatic heterocycles. The highest BCUT2D eigenvalue weighted by molar-refractivity contribution is 5.63. The third-order valence-corrected chi connectivity index (χ3v) is 5.49. The van der Waals surface area contributed by atoms with Gasteiger partial charge in [0.05, 0.1) is 25.0 Å². The molecule has 12 heteroatoms. The number of halogens is 2. The summed E-state index contributed by atoms with van der Waals surface area (Å²) in [5.74, 6) is -1.08. The van der Waals surface area contributed by atoms with Gasteiger partial charge in [-0.3, -0.25) is 10.00 Å². The summed E-state index contributed by atoms with van der Waals surface area (Å²) in [5.41, 5.74) is 0.118. The maximum atomic E-state index is 14.6. The fourth-order valence-electron chi connectivity index (χ4n) is 3.69. The van der Waals surface area contributed by atoms with Gasteiger partial charge in [0.25, 0.3) is 0 Å². The van der Waals surface area contributed by atoms with Crippen LogP contribution in [0.5, 0.6) is 0 Å². The van der Waals surface area contributed by atoms with Crippen molar-refractivity contribution in [2.45, 2.75) is 25.3 Å². The van der Waals surface area contributed by atoms with E-state index in [1.807, 2.05) is 0 Å². The topological polar surface area (TPSA) is 125 Å². The molecule has 2 unspecified atom stereocenters. The molecule has 35 heavy (non-hydrogen) atoms. The lowest BCUT2D eigenvalue weighted by Crippen LogP contribution is -2.54. The van der Waals surface area contributed by atoms with Gasteiger partial charge >= 0.3 is 0 Å². The molecule has 4 rings (SSSR count). The van der Waals surface area contributed by atoms with E-state index in [9.17, 15) is 19.0 Å². The fourth-order valence-corrected chi connectivity index (χ4v) is 3.69. The molecular weight excluding hydrogens is 460 g/mol. The van der Waals surface area contributed by atoms with Crippen molar-refractivity contribution in [1.82, 2.24) is 30.2 Å². The molecule has 3 heterocycles. The van der Waals surface area contributed by atoms with Gasteiger partial charge in [0.2, 0.25) is 0 Å². The number of rotatable bonds is 9. The van der Waals surface area contributed by atoms with Crippen LogP contribution in [0.1, 0.15) is 12.5 Å². The molecule has 0 fully saturated rings. The summed E-state index contributed by atoms with van der Waals surface area (Å²) in [6, 6.07) is 9.62. The first-order chi connectivity index (χ1) is 16.7. The van der Waals surface area contributed by atoms with Gasteiger partial charge in [-0.15, -0.1) is 0 Å². The smallest absolute Gasteiger partial charge is 0.183 e. The monoisotopic (exact) mass is 485 g/mol. The predicted molar refractivity (Wildman–Crippen MR) is 123 cm³/mol. The molecule has 4 aromatic rings. The zero-order valence-electron chi connectivity index (χ0n) is 19.4. The van der Waals surface area contributed by atoms with Crippen LogP contribution >= 0.6 is 0 Å². The van der Waals surface area contributed by atoms with E-state index >= 15 is 0 Å². The Morgan fingerprint density at radius 3 is 2.66 bits per heavy atom. The molecule has 0 aliphatic rings. The molecule has 0 spiro atoms. The Kier molecular flexibility index (Phi) is 6.87. The van der Waals surface area contributed by atoms with Crippen molar-refractivity contribution in [1.29, 1.82) is 0 Å². The van der Waals surface area contributed by atoms with Crippen LogP contribution in [-0.4, -0.2) is 67.6 Å². The maximum Gasteiger partial charge on any atom is 0.183 e. The molecule has 1 aromatic carbocycles. The number of anilines is 1. The number of nitrogens with zero attached hydrogens (tertiary/aromatic N) is 6. The summed E-state index contributed by atoms with van der Waals surface area (Å²) in [6.45, 7) is 1.39. The molecule has 0 saturated heterocycles. The Morgan fingerprint density at radius 2 is 1.97 bits per heavy atom. The van der Waals surface area contributed by atoms with Gasteiger partial charge in [0.15, 0.2) is 17.5 Å². The van der Waals surface area contributed by atoms with Crippen LogP contribution in [-0.2, 0) is 6.54 Å². The average Bonchev–Trinajstić information content (AvgIpc) is 3.50. The Morgan fingerprint density at radius 1 is 1.20 bits per heavy atom. The first-order valence-electron chi connectivity index (χ1n) is 10.7. The summed E-state index contributed by atoms with van der Waals surface area (Å²) in [4.78, 5) is 9.74. The van der Waals surface area contributed by atoms with E-state index in [4.69, 9.17) is 4.52 Å². The van der Waals surface area contributed by atoms with Crippen LogP contribution in [0.25, 0.3) is 22.9 Å². The minimum atomic E-state index is -1.59. The quantitative estimate of drug-likeness (QED) is 0.305. The molecule has 0 amide bonds. The number of nitrogens with one attached hydrogen (secondary N) is 1. The van der Waals surface area contributed by atoms with Gasteiger partial charge < -0.3 is 19.6 Å². The molecule has 3 N–H and O–H groups in total. The molecule has 0 aliphatic carbocycles. The van der Waals surface area contributed by atoms with E-state index in [1.165, 1.54) is 42.9 Å². The number of hydrogen-bond acceptors (Lipinski definition) is 9. The van der Waals surface area contributed by atoms with Crippen molar-refractivity contribution in [3.63, 3.8) is 0 Å². The van der Waals surface area contributed by atoms with Gasteiger partial charge in [-0.05, 0) is 26.1 Å². The minimum Gasteiger partial charge on any atom is -0.384 e. The van der Waals surface area contributed by atoms with Crippen molar-refractivity contribution in [3.8, 4) is 22.9 Å². The second kappa shape index (κ2) is 9.86. The standard InChI is InChI=1S/C23H25F2N7O3/c1-23(34,22(33)26-2)13-31(3)21-16(25)11-27-20(28-21)18-10-19(17-8-9-35-30-17)32(29-18)12-14-6-4-5-7-15(14)24/h4-11,22,26,33-34H,12-13H2,1-3H3. The number of aliphatic hydroxyl groups excluding tert-OH is 1. The lowest BCUT2D eigenvalue weighted by Gasteiger charge is -2.33. The summed E-state index contributed by atoms with van der Waals surface area (Å²) in [7, 11) is 3.02. The zero-order valence-corrected chi connectivity index (χ0v) is 19.4. The second-order valence-electron chi connectivity index (χ2n) is 8.32. The number of aromatic nitrogens is 5. The normalized spacial score (nSPS) is 14.0. The van der Waals surface area contributed by atoms with Crippen LogP contribution in [0.15, 0.2) is 53.4 Å². The van der Waals surface area contributed by atoms with E-state index in [2.05, 4.69) is 25.5 Å². The minimum absolute atomic E-state index is 0.0924. The van der Waals surface area contributed by atoms with Crippen molar-refractivity contribution in [2.75, 3.05) is 25.5 Å². The van der Waals surface area contributed by atoms with Crippen molar-refractivity contribution in [2.24, 2.45) is 0 Å². The molecule has 3 aromatic heterocycles. The highest BCUT2D eigenvalue weighted by atomic mass is 19.1. The summed E-state index contributed by atoms with van der Waals surface area (Å²) in [6.07, 6.45) is 1.17. The third kappa shape index (κ3) is 5.19. The average molecular weight is 485 g/mol. The zero-order chi connectivity index (χ0) is 25.2. The van der Waals surface area contributed by atoms with Crippen LogP contribution in [0.4, 0.5) is 14.6 Å². The highest BCUT2D eigenvalue weighted by Gasteiger charge is 2.32. The molecule has 10 nitrogen and oxygen atoms in total. The molecule has 184 valence electrons. The molecule has 0 bridgehead atoms. The Labute approximate surface area is 199 Å². The SMILES string of the molecule is CNC(O)C(C)(O)CN(C)c1nc(-c2cc(-c3ccon3)n(Cc3ccccc3F)n2)ncc1F. The van der Waals surface area contributed by atoms with Crippen LogP contribution < -0.4 is 10.2 Å². The van der Waals surface area contributed by atoms with Crippen LogP contribution in [0.3, 0.4) is 0 Å². The number of benzene rings is 1. The van der Waals surface area contributed by atoms with Crippen LogP contribution in [0.2, 0.25) is 0 Å². The van der Waals surface area contributed by atoms with E-state index in [0.717, 1.165) is 6.20 Å². The van der Waals surface area contributed by atoms with Crippen molar-refractivity contribution >= 4 is 5.82 Å². The van der Waals surface area contributed by atoms with E-state index in [-0.39, 0.29) is 30.5 Å². The lowest BCUT2D eigenvalue weighted by atomic mass is 10.0. The number of likely N-dealkylation sites (N-methyl/N-ethyl adjacent to an activating group) is 2. The molecule has 2 atom stereocenters. The van der Waals surface area contributed by atoms with Gasteiger partial charge in [-0.1, -0.05) is 23.4 Å². The van der Waals surface area contributed by atoms with Gasteiger partial charge in [-0.25, -0.2) is 18.7 Å². The third-order valence-electron chi connectivity index (χ3n) is 5.49. The summed E-state index contributed by atoms with van der Waals surface area (Å²) in [5, 5.41) is 31.5. The second-order valence-corrected chi connectivity index (χ2v) is 8.32. The van der Waals surface area contributed by atoms with E-state index < -0.39 is 17.6 Å². The highest BCUT2D eigenvalue weighted by Crippen LogP contribution is 2.27. The van der Waals surface area contributed by atoms with Gasteiger partial charge in [-0.2, -0.15) is 5.10 Å². The largest absolute Gasteiger partial charge is 0.384 e. The summed E-state index contributed by atoms with van der Waals surface area (Å²) < 4.78 is 35.4. The maximum absolute atomic E-state index is 14.6. The molecular formula is C23H25F2N7O3. The Hall–Kier alpha value is -3.74. The predicted octanol–water partition coefficient (Wildman–Crippen LogP) is 2.05. The fraction of sp³-hybridized carbons (Fsp3) is 0.304. The number of hydrogen-bond donors (Lipinski definition) is 3. The first kappa shape index (κ1) is 24.4. The van der Waals surface area contributed by atoms with Crippen molar-refractivity contribution < 1.29 is 23.5 Å². The lowest BCUT2D eigenvalue weighted by molar-refractivity contribution is -0.0679. The molecule has 0 radical (unpaired) electrons. The first-order valence-corrected chi connectivity index (χ1v) is 10.7. The van der Waals surface area contributed by atoms with Crippen molar-refractivity contribution in [3.05, 3.63) is 66.1 Å². The number of aliphatic hydroxyl groups is 2. The van der Waals surface area contributed by atoms with Gasteiger partial charge in [0.1, 0.15) is 35.3 Å². The Balaban J connectivity index is 1.70. The van der Waals surface area contributed by atoms with E-state index in [1.54, 1.807) is 30.3 Å². The van der Waals surface area contributed by atoms with Gasteiger partial charge in [0, 0.05) is 18.7 Å². The Bertz CT molecular complexity index is 1290.